The van der Waals surface area contributed by atoms with Gasteiger partial charge < -0.3 is 4.42 Å². The smallest absolute Gasteiger partial charge is 0.152 e. The second-order valence-electron chi connectivity index (χ2n) is 2.68. The van der Waals surface area contributed by atoms with E-state index in [0.29, 0.717) is 0 Å². The number of halogens is 1. The van der Waals surface area contributed by atoms with E-state index in [4.69, 9.17) is 16.0 Å². The number of fused-ring (bicyclic) bond motifs is 1. The van der Waals surface area contributed by atoms with Crippen molar-refractivity contribution in [1.82, 2.24) is 4.98 Å². The van der Waals surface area contributed by atoms with Crippen LogP contribution in [0.3, 0.4) is 0 Å². The number of hydrogen-bond acceptors (Lipinski definition) is 2. The van der Waals surface area contributed by atoms with Crippen molar-refractivity contribution in [2.75, 3.05) is 0 Å². The van der Waals surface area contributed by atoms with Crippen molar-refractivity contribution in [2.24, 2.45) is 0 Å². The van der Waals surface area contributed by atoms with E-state index < -0.39 is 0 Å². The molecule has 2 nitrogen and oxygen atoms in total. The lowest BCUT2D eigenvalue weighted by atomic mass is 10.2. The van der Waals surface area contributed by atoms with Gasteiger partial charge >= 0.3 is 0 Å². The SMILES string of the molecule is C[C@@H](Cl)c1cc2ccoc2cn1. The minimum absolute atomic E-state index is 0.0516. The quantitative estimate of drug-likeness (QED) is 0.632. The van der Waals surface area contributed by atoms with Gasteiger partial charge in [0.1, 0.15) is 0 Å². The van der Waals surface area contributed by atoms with Gasteiger partial charge in [0.15, 0.2) is 5.58 Å². The molecule has 0 aromatic carbocycles. The molecule has 2 aromatic heterocycles. The Balaban J connectivity index is 2.60. The first-order valence-electron chi connectivity index (χ1n) is 3.74. The number of aromatic nitrogens is 1. The predicted molar refractivity (Wildman–Crippen MR) is 48.3 cm³/mol. The maximum Gasteiger partial charge on any atom is 0.152 e. The van der Waals surface area contributed by atoms with Crippen LogP contribution in [0.15, 0.2) is 29.0 Å². The standard InChI is InChI=1S/C9H8ClNO/c1-6(10)8-4-7-2-3-12-9(7)5-11-8/h2-6H,1H3/t6-/m1/s1. The molecule has 2 aromatic rings. The van der Waals surface area contributed by atoms with Crippen LogP contribution in [-0.2, 0) is 0 Å². The van der Waals surface area contributed by atoms with Crippen LogP contribution in [-0.4, -0.2) is 4.98 Å². The number of furan rings is 1. The normalized spacial score (nSPS) is 13.5. The molecule has 0 saturated heterocycles. The fraction of sp³-hybridized carbons (Fsp3) is 0.222. The molecule has 62 valence electrons. The molecule has 0 amide bonds. The molecule has 12 heavy (non-hydrogen) atoms. The summed E-state index contributed by atoms with van der Waals surface area (Å²) in [6.07, 6.45) is 3.35. The summed E-state index contributed by atoms with van der Waals surface area (Å²) < 4.78 is 5.15. The number of rotatable bonds is 1. The average Bonchev–Trinajstić information content (AvgIpc) is 2.49. The summed E-state index contributed by atoms with van der Waals surface area (Å²) in [4.78, 5) is 4.15. The van der Waals surface area contributed by atoms with E-state index in [9.17, 15) is 0 Å². The summed E-state index contributed by atoms with van der Waals surface area (Å²) in [5.74, 6) is 0. The van der Waals surface area contributed by atoms with Gasteiger partial charge in [-0.3, -0.25) is 4.98 Å². The van der Waals surface area contributed by atoms with Crippen molar-refractivity contribution in [1.29, 1.82) is 0 Å². The van der Waals surface area contributed by atoms with Crippen molar-refractivity contribution < 1.29 is 4.42 Å². The molecular formula is C9H8ClNO. The Labute approximate surface area is 75.2 Å². The Kier molecular flexibility index (Phi) is 1.77. The minimum atomic E-state index is -0.0516. The summed E-state index contributed by atoms with van der Waals surface area (Å²) in [6, 6.07) is 3.84. The van der Waals surface area contributed by atoms with Crippen molar-refractivity contribution in [2.45, 2.75) is 12.3 Å². The second-order valence-corrected chi connectivity index (χ2v) is 3.34. The monoisotopic (exact) mass is 181 g/mol. The average molecular weight is 182 g/mol. The van der Waals surface area contributed by atoms with Crippen LogP contribution in [0.25, 0.3) is 11.0 Å². The van der Waals surface area contributed by atoms with Crippen LogP contribution in [0, 0.1) is 0 Å². The van der Waals surface area contributed by atoms with E-state index in [1.165, 1.54) is 0 Å². The highest BCUT2D eigenvalue weighted by Crippen LogP contribution is 2.21. The second kappa shape index (κ2) is 2.79. The molecule has 3 heteroatoms. The van der Waals surface area contributed by atoms with Crippen LogP contribution in [0.2, 0.25) is 0 Å². The van der Waals surface area contributed by atoms with E-state index in [2.05, 4.69) is 4.98 Å². The Hall–Kier alpha value is -1.02. The van der Waals surface area contributed by atoms with Gasteiger partial charge in [0.05, 0.1) is 23.5 Å². The lowest BCUT2D eigenvalue weighted by molar-refractivity contribution is 0.614. The molecular weight excluding hydrogens is 174 g/mol. The zero-order valence-corrected chi connectivity index (χ0v) is 7.38. The molecule has 0 aliphatic heterocycles. The molecule has 0 aliphatic rings. The molecule has 2 heterocycles. The topological polar surface area (TPSA) is 26.0 Å². The Morgan fingerprint density at radius 3 is 3.17 bits per heavy atom. The van der Waals surface area contributed by atoms with Gasteiger partial charge in [0.2, 0.25) is 0 Å². The third-order valence-corrected chi connectivity index (χ3v) is 1.99. The van der Waals surface area contributed by atoms with Gasteiger partial charge in [0.25, 0.3) is 0 Å². The van der Waals surface area contributed by atoms with Crippen LogP contribution in [0.4, 0.5) is 0 Å². The highest BCUT2D eigenvalue weighted by Gasteiger charge is 2.04. The van der Waals surface area contributed by atoms with Crippen LogP contribution in [0.5, 0.6) is 0 Å². The van der Waals surface area contributed by atoms with E-state index in [1.54, 1.807) is 12.5 Å². The molecule has 0 fully saturated rings. The summed E-state index contributed by atoms with van der Waals surface area (Å²) in [5, 5.41) is 0.997. The fourth-order valence-electron chi connectivity index (χ4n) is 1.10. The summed E-state index contributed by atoms with van der Waals surface area (Å²) in [7, 11) is 0. The Morgan fingerprint density at radius 2 is 2.42 bits per heavy atom. The van der Waals surface area contributed by atoms with E-state index >= 15 is 0 Å². The predicted octanol–water partition coefficient (Wildman–Crippen LogP) is 3.13. The minimum Gasteiger partial charge on any atom is -0.463 e. The van der Waals surface area contributed by atoms with Gasteiger partial charge in [-0.05, 0) is 19.1 Å². The van der Waals surface area contributed by atoms with E-state index in [1.807, 2.05) is 19.1 Å². The number of hydrogen-bond donors (Lipinski definition) is 0. The first-order chi connectivity index (χ1) is 5.77. The largest absolute Gasteiger partial charge is 0.463 e. The maximum atomic E-state index is 5.88. The van der Waals surface area contributed by atoms with Gasteiger partial charge in [-0.15, -0.1) is 11.6 Å². The van der Waals surface area contributed by atoms with Gasteiger partial charge in [-0.25, -0.2) is 0 Å². The fourth-order valence-corrected chi connectivity index (χ4v) is 1.22. The van der Waals surface area contributed by atoms with Gasteiger partial charge in [-0.2, -0.15) is 0 Å². The van der Waals surface area contributed by atoms with Gasteiger partial charge in [0, 0.05) is 5.39 Å². The molecule has 0 aliphatic carbocycles. The zero-order valence-electron chi connectivity index (χ0n) is 6.62. The molecule has 0 unspecified atom stereocenters. The molecule has 0 N–H and O–H groups in total. The number of pyridine rings is 1. The molecule has 2 rings (SSSR count). The summed E-state index contributed by atoms with van der Waals surface area (Å²) in [5.41, 5.74) is 1.68. The molecule has 0 radical (unpaired) electrons. The Bertz CT molecular complexity index is 394. The first-order valence-corrected chi connectivity index (χ1v) is 4.18. The maximum absolute atomic E-state index is 5.88. The first kappa shape index (κ1) is 7.62. The van der Waals surface area contributed by atoms with Crippen molar-refractivity contribution in [3.8, 4) is 0 Å². The van der Waals surface area contributed by atoms with Gasteiger partial charge in [-0.1, -0.05) is 0 Å². The third kappa shape index (κ3) is 1.18. The van der Waals surface area contributed by atoms with Crippen molar-refractivity contribution >= 4 is 22.6 Å². The van der Waals surface area contributed by atoms with Crippen LogP contribution >= 0.6 is 11.6 Å². The molecule has 0 saturated carbocycles. The highest BCUT2D eigenvalue weighted by molar-refractivity contribution is 6.20. The highest BCUT2D eigenvalue weighted by atomic mass is 35.5. The lowest BCUT2D eigenvalue weighted by Gasteiger charge is -2.00. The molecule has 0 bridgehead atoms. The number of alkyl halides is 1. The van der Waals surface area contributed by atoms with E-state index in [0.717, 1.165) is 16.7 Å². The lowest BCUT2D eigenvalue weighted by Crippen LogP contribution is -1.87. The number of nitrogens with zero attached hydrogens (tertiary/aromatic N) is 1. The zero-order chi connectivity index (χ0) is 8.55. The van der Waals surface area contributed by atoms with Crippen LogP contribution < -0.4 is 0 Å². The molecule has 0 spiro atoms. The summed E-state index contributed by atoms with van der Waals surface area (Å²) in [6.45, 7) is 1.90. The van der Waals surface area contributed by atoms with Crippen molar-refractivity contribution in [3.05, 3.63) is 30.3 Å². The molecule has 1 atom stereocenters. The summed E-state index contributed by atoms with van der Waals surface area (Å²) >= 11 is 5.88. The third-order valence-electron chi connectivity index (χ3n) is 1.77. The van der Waals surface area contributed by atoms with Crippen molar-refractivity contribution in [3.63, 3.8) is 0 Å². The van der Waals surface area contributed by atoms with E-state index in [-0.39, 0.29) is 5.38 Å². The Morgan fingerprint density at radius 1 is 1.58 bits per heavy atom. The van der Waals surface area contributed by atoms with Crippen LogP contribution in [0.1, 0.15) is 18.0 Å².